The molecule has 0 saturated carbocycles. The lowest BCUT2D eigenvalue weighted by Gasteiger charge is -2.23. The fraction of sp³-hybridized carbons (Fsp3) is 0.556. The molecule has 0 bridgehead atoms. The van der Waals surface area contributed by atoms with Crippen molar-refractivity contribution in [1.29, 1.82) is 0 Å². The minimum absolute atomic E-state index is 0.243. The molecule has 1 aliphatic rings. The van der Waals surface area contributed by atoms with Crippen LogP contribution in [-0.4, -0.2) is 36.5 Å². The summed E-state index contributed by atoms with van der Waals surface area (Å²) in [6, 6.07) is 5.32. The third-order valence-electron chi connectivity index (χ3n) is 4.20. The monoisotopic (exact) mass is 317 g/mol. The molecule has 1 heterocycles. The van der Waals surface area contributed by atoms with Crippen LogP contribution in [0.15, 0.2) is 18.2 Å². The van der Waals surface area contributed by atoms with E-state index >= 15 is 0 Å². The number of benzene rings is 1. The van der Waals surface area contributed by atoms with Gasteiger partial charge in [0.15, 0.2) is 0 Å². The summed E-state index contributed by atoms with van der Waals surface area (Å²) in [5, 5.41) is 5.16. The summed E-state index contributed by atoms with van der Waals surface area (Å²) in [7, 11) is 0. The minimum atomic E-state index is -0.464. The van der Waals surface area contributed by atoms with Crippen molar-refractivity contribution >= 4 is 17.6 Å². The second kappa shape index (κ2) is 8.67. The second-order valence-corrected chi connectivity index (χ2v) is 6.36. The fourth-order valence-corrected chi connectivity index (χ4v) is 2.95. The Morgan fingerprint density at radius 3 is 2.35 bits per heavy atom. The summed E-state index contributed by atoms with van der Waals surface area (Å²) in [5.41, 5.74) is 2.85. The van der Waals surface area contributed by atoms with Gasteiger partial charge in [-0.15, -0.1) is 0 Å². The Morgan fingerprint density at radius 2 is 1.70 bits per heavy atom. The van der Waals surface area contributed by atoms with Crippen molar-refractivity contribution in [2.75, 3.05) is 25.0 Å². The molecule has 1 aliphatic heterocycles. The molecule has 2 N–H and O–H groups in total. The number of hydrogen-bond acceptors (Lipinski definition) is 3. The SMILES string of the molecule is Cc1ccc(NC(=O)NC(=O)CN2CCCCCCC2)c(C)c1. The predicted octanol–water partition coefficient (Wildman–Crippen LogP) is 3.22. The molecule has 5 nitrogen and oxygen atoms in total. The number of hydrogen-bond donors (Lipinski definition) is 2. The van der Waals surface area contributed by atoms with Gasteiger partial charge in [0.25, 0.3) is 0 Å². The molecule has 1 aromatic carbocycles. The molecule has 0 aliphatic carbocycles. The van der Waals surface area contributed by atoms with Crippen LogP contribution in [0.4, 0.5) is 10.5 Å². The molecule has 0 spiro atoms. The van der Waals surface area contributed by atoms with E-state index in [0.29, 0.717) is 6.54 Å². The highest BCUT2D eigenvalue weighted by molar-refractivity contribution is 6.02. The molecule has 3 amide bonds. The summed E-state index contributed by atoms with van der Waals surface area (Å²) in [6.07, 6.45) is 6.00. The highest BCUT2D eigenvalue weighted by atomic mass is 16.2. The molecule has 0 unspecified atom stereocenters. The Hall–Kier alpha value is -1.88. The first-order chi connectivity index (χ1) is 11.0. The van der Waals surface area contributed by atoms with E-state index in [2.05, 4.69) is 15.5 Å². The lowest BCUT2D eigenvalue weighted by atomic mass is 10.1. The van der Waals surface area contributed by atoms with E-state index in [9.17, 15) is 9.59 Å². The van der Waals surface area contributed by atoms with Gasteiger partial charge < -0.3 is 5.32 Å². The van der Waals surface area contributed by atoms with E-state index in [1.807, 2.05) is 32.0 Å². The van der Waals surface area contributed by atoms with Gasteiger partial charge >= 0.3 is 6.03 Å². The van der Waals surface area contributed by atoms with Gasteiger partial charge in [-0.05, 0) is 51.4 Å². The Morgan fingerprint density at radius 1 is 1.04 bits per heavy atom. The number of carbonyl (C=O) groups excluding carboxylic acids is 2. The largest absolute Gasteiger partial charge is 0.325 e. The Kier molecular flexibility index (Phi) is 6.59. The van der Waals surface area contributed by atoms with Crippen molar-refractivity contribution in [2.45, 2.75) is 46.0 Å². The second-order valence-electron chi connectivity index (χ2n) is 6.36. The van der Waals surface area contributed by atoms with Crippen molar-refractivity contribution in [2.24, 2.45) is 0 Å². The van der Waals surface area contributed by atoms with Gasteiger partial charge in [-0.1, -0.05) is 37.0 Å². The van der Waals surface area contributed by atoms with Crippen LogP contribution in [0, 0.1) is 13.8 Å². The third-order valence-corrected chi connectivity index (χ3v) is 4.20. The number of nitrogens with one attached hydrogen (secondary N) is 2. The van der Waals surface area contributed by atoms with E-state index in [1.54, 1.807) is 0 Å². The standard InChI is InChI=1S/C18H27N3O2/c1-14-8-9-16(15(2)12-14)19-18(23)20-17(22)13-21-10-6-4-3-5-7-11-21/h8-9,12H,3-7,10-11,13H2,1-2H3,(H2,19,20,22,23). The number of rotatable bonds is 3. The molecule has 1 saturated heterocycles. The van der Waals surface area contributed by atoms with E-state index in [-0.39, 0.29) is 5.91 Å². The number of imide groups is 1. The van der Waals surface area contributed by atoms with Gasteiger partial charge in [0.2, 0.25) is 5.91 Å². The molecule has 126 valence electrons. The lowest BCUT2D eigenvalue weighted by Crippen LogP contribution is -2.42. The first-order valence-electron chi connectivity index (χ1n) is 8.45. The molecule has 23 heavy (non-hydrogen) atoms. The fourth-order valence-electron chi connectivity index (χ4n) is 2.95. The Labute approximate surface area is 138 Å². The molecule has 1 fully saturated rings. The summed E-state index contributed by atoms with van der Waals surface area (Å²) in [6.45, 7) is 6.10. The van der Waals surface area contributed by atoms with E-state index in [1.165, 1.54) is 19.3 Å². The number of nitrogens with zero attached hydrogens (tertiary/aromatic N) is 1. The van der Waals surface area contributed by atoms with Crippen LogP contribution in [-0.2, 0) is 4.79 Å². The summed E-state index contributed by atoms with van der Waals surface area (Å²) in [4.78, 5) is 26.1. The Bertz CT molecular complexity index is 549. The van der Waals surface area contributed by atoms with Gasteiger partial charge in [0.1, 0.15) is 0 Å². The van der Waals surface area contributed by atoms with Crippen LogP contribution in [0.5, 0.6) is 0 Å². The normalized spacial score (nSPS) is 16.3. The molecule has 2 rings (SSSR count). The third kappa shape index (κ3) is 6.02. The molecule has 0 atom stereocenters. The maximum absolute atomic E-state index is 12.0. The zero-order valence-corrected chi connectivity index (χ0v) is 14.2. The van der Waals surface area contributed by atoms with Crippen molar-refractivity contribution in [1.82, 2.24) is 10.2 Å². The first kappa shape index (κ1) is 17.5. The first-order valence-corrected chi connectivity index (χ1v) is 8.45. The molecule has 5 heteroatoms. The summed E-state index contributed by atoms with van der Waals surface area (Å²) in [5.74, 6) is -0.243. The number of amides is 3. The number of likely N-dealkylation sites (tertiary alicyclic amines) is 1. The molecule has 1 aromatic rings. The van der Waals surface area contributed by atoms with E-state index in [4.69, 9.17) is 0 Å². The van der Waals surface area contributed by atoms with Crippen LogP contribution in [0.25, 0.3) is 0 Å². The average Bonchev–Trinajstić information content (AvgIpc) is 2.44. The van der Waals surface area contributed by atoms with Gasteiger partial charge in [0.05, 0.1) is 6.54 Å². The minimum Gasteiger partial charge on any atom is -0.307 e. The maximum atomic E-state index is 12.0. The quantitative estimate of drug-likeness (QED) is 0.900. The van der Waals surface area contributed by atoms with Gasteiger partial charge in [0, 0.05) is 5.69 Å². The Balaban J connectivity index is 1.80. The van der Waals surface area contributed by atoms with Crippen molar-refractivity contribution in [3.63, 3.8) is 0 Å². The number of anilines is 1. The van der Waals surface area contributed by atoms with Crippen LogP contribution in [0.2, 0.25) is 0 Å². The molecule has 0 radical (unpaired) electrons. The smallest absolute Gasteiger partial charge is 0.307 e. The predicted molar refractivity (Wildman–Crippen MR) is 92.6 cm³/mol. The number of carbonyl (C=O) groups is 2. The lowest BCUT2D eigenvalue weighted by molar-refractivity contribution is -0.121. The van der Waals surface area contributed by atoms with Crippen LogP contribution in [0.3, 0.4) is 0 Å². The maximum Gasteiger partial charge on any atom is 0.325 e. The zero-order chi connectivity index (χ0) is 16.7. The number of aryl methyl sites for hydroxylation is 2. The van der Waals surface area contributed by atoms with Gasteiger partial charge in [-0.25, -0.2) is 4.79 Å². The van der Waals surface area contributed by atoms with Crippen molar-refractivity contribution in [3.8, 4) is 0 Å². The summed E-state index contributed by atoms with van der Waals surface area (Å²) < 4.78 is 0. The topological polar surface area (TPSA) is 61.4 Å². The van der Waals surface area contributed by atoms with Crippen LogP contribution in [0.1, 0.15) is 43.2 Å². The van der Waals surface area contributed by atoms with E-state index in [0.717, 1.165) is 42.7 Å². The average molecular weight is 317 g/mol. The molecular formula is C18H27N3O2. The molecule has 0 aromatic heterocycles. The zero-order valence-electron chi connectivity index (χ0n) is 14.2. The van der Waals surface area contributed by atoms with Crippen LogP contribution >= 0.6 is 0 Å². The van der Waals surface area contributed by atoms with Crippen molar-refractivity contribution < 1.29 is 9.59 Å². The molecular weight excluding hydrogens is 290 g/mol. The highest BCUT2D eigenvalue weighted by Crippen LogP contribution is 2.15. The van der Waals surface area contributed by atoms with Gasteiger partial charge in [-0.3, -0.25) is 15.0 Å². The number of urea groups is 1. The van der Waals surface area contributed by atoms with Crippen molar-refractivity contribution in [3.05, 3.63) is 29.3 Å². The highest BCUT2D eigenvalue weighted by Gasteiger charge is 2.14. The van der Waals surface area contributed by atoms with E-state index < -0.39 is 6.03 Å². The summed E-state index contributed by atoms with van der Waals surface area (Å²) >= 11 is 0. The van der Waals surface area contributed by atoms with Gasteiger partial charge in [-0.2, -0.15) is 0 Å². The van der Waals surface area contributed by atoms with Crippen LogP contribution < -0.4 is 10.6 Å².